The molecule has 2 heterocycles. The van der Waals surface area contributed by atoms with Crippen molar-refractivity contribution in [3.05, 3.63) is 41.7 Å². The third-order valence-electron chi connectivity index (χ3n) is 3.18. The van der Waals surface area contributed by atoms with Gasteiger partial charge < -0.3 is 5.32 Å². The number of rotatable bonds is 4. The second-order valence-electron chi connectivity index (χ2n) is 4.61. The van der Waals surface area contributed by atoms with E-state index in [0.29, 0.717) is 6.04 Å². The molecule has 3 aromatic rings. The van der Waals surface area contributed by atoms with Crippen LogP contribution in [0, 0.1) is 0 Å². The molecule has 0 spiro atoms. The van der Waals surface area contributed by atoms with Crippen LogP contribution in [0.4, 0.5) is 0 Å². The Bertz CT molecular complexity index is 722. The van der Waals surface area contributed by atoms with Gasteiger partial charge in [-0.15, -0.1) is 11.3 Å². The van der Waals surface area contributed by atoms with Crippen molar-refractivity contribution in [1.82, 2.24) is 20.3 Å². The van der Waals surface area contributed by atoms with E-state index < -0.39 is 0 Å². The molecular weight excluding hydrogens is 268 g/mol. The van der Waals surface area contributed by atoms with Crippen molar-refractivity contribution in [2.45, 2.75) is 19.9 Å². The van der Waals surface area contributed by atoms with Crippen LogP contribution in [0.1, 0.15) is 24.8 Å². The SMILES string of the molecule is CCNC(C)c1cnc(-c2ccc3nccnc3c2)s1. The van der Waals surface area contributed by atoms with E-state index in [0.717, 1.165) is 28.1 Å². The summed E-state index contributed by atoms with van der Waals surface area (Å²) in [6, 6.07) is 6.43. The molecule has 20 heavy (non-hydrogen) atoms. The van der Waals surface area contributed by atoms with E-state index >= 15 is 0 Å². The average Bonchev–Trinajstić information content (AvgIpc) is 2.97. The standard InChI is InChI=1S/C15H16N4S/c1-3-16-10(2)14-9-19-15(20-14)11-4-5-12-13(8-11)18-7-6-17-12/h4-10,16H,3H2,1-2H3. The Morgan fingerprint density at radius 3 is 2.75 bits per heavy atom. The van der Waals surface area contributed by atoms with Gasteiger partial charge in [0.25, 0.3) is 0 Å². The van der Waals surface area contributed by atoms with E-state index in [1.165, 1.54) is 4.88 Å². The second-order valence-corrected chi connectivity index (χ2v) is 5.67. The molecule has 1 aromatic carbocycles. The van der Waals surface area contributed by atoms with Gasteiger partial charge in [0.1, 0.15) is 5.01 Å². The Hall–Kier alpha value is -1.85. The van der Waals surface area contributed by atoms with Gasteiger partial charge in [-0.2, -0.15) is 0 Å². The highest BCUT2D eigenvalue weighted by Gasteiger charge is 2.10. The van der Waals surface area contributed by atoms with Gasteiger partial charge in [-0.05, 0) is 31.7 Å². The molecule has 1 atom stereocenters. The lowest BCUT2D eigenvalue weighted by molar-refractivity contribution is 0.606. The Labute approximate surface area is 121 Å². The monoisotopic (exact) mass is 284 g/mol. The lowest BCUT2D eigenvalue weighted by Gasteiger charge is -2.08. The summed E-state index contributed by atoms with van der Waals surface area (Å²) in [5.74, 6) is 0. The van der Waals surface area contributed by atoms with E-state index in [4.69, 9.17) is 0 Å². The third kappa shape index (κ3) is 2.55. The number of hydrogen-bond donors (Lipinski definition) is 1. The van der Waals surface area contributed by atoms with E-state index in [-0.39, 0.29) is 0 Å². The fourth-order valence-electron chi connectivity index (χ4n) is 2.12. The summed E-state index contributed by atoms with van der Waals surface area (Å²) >= 11 is 1.72. The van der Waals surface area contributed by atoms with Crippen LogP contribution in [0.25, 0.3) is 21.6 Å². The third-order valence-corrected chi connectivity index (χ3v) is 4.41. The Kier molecular flexibility index (Phi) is 3.71. The van der Waals surface area contributed by atoms with E-state index in [9.17, 15) is 0 Å². The van der Waals surface area contributed by atoms with Gasteiger partial charge in [0, 0.05) is 35.1 Å². The van der Waals surface area contributed by atoms with E-state index in [1.54, 1.807) is 23.7 Å². The zero-order valence-corrected chi connectivity index (χ0v) is 12.3. The van der Waals surface area contributed by atoms with Crippen LogP contribution < -0.4 is 5.32 Å². The minimum Gasteiger partial charge on any atom is -0.310 e. The molecular formula is C15H16N4S. The molecule has 0 saturated carbocycles. The summed E-state index contributed by atoms with van der Waals surface area (Å²) in [5.41, 5.74) is 2.91. The van der Waals surface area contributed by atoms with Crippen LogP contribution in [0.15, 0.2) is 36.8 Å². The highest BCUT2D eigenvalue weighted by atomic mass is 32.1. The number of aromatic nitrogens is 3. The van der Waals surface area contributed by atoms with Crippen LogP contribution in [0.3, 0.4) is 0 Å². The predicted octanol–water partition coefficient (Wildman–Crippen LogP) is 3.42. The zero-order valence-electron chi connectivity index (χ0n) is 11.5. The van der Waals surface area contributed by atoms with Crippen LogP contribution in [0.5, 0.6) is 0 Å². The quantitative estimate of drug-likeness (QED) is 0.797. The Morgan fingerprint density at radius 1 is 1.15 bits per heavy atom. The van der Waals surface area contributed by atoms with Gasteiger partial charge in [-0.1, -0.05) is 6.92 Å². The molecule has 2 aromatic heterocycles. The van der Waals surface area contributed by atoms with Crippen molar-refractivity contribution in [3.8, 4) is 10.6 Å². The molecule has 0 fully saturated rings. The van der Waals surface area contributed by atoms with Crippen LogP contribution in [-0.2, 0) is 0 Å². The lowest BCUT2D eigenvalue weighted by atomic mass is 10.2. The van der Waals surface area contributed by atoms with Crippen molar-refractivity contribution in [3.63, 3.8) is 0 Å². The summed E-state index contributed by atoms with van der Waals surface area (Å²) in [5, 5.41) is 4.43. The predicted molar refractivity (Wildman–Crippen MR) is 82.7 cm³/mol. The number of benzene rings is 1. The topological polar surface area (TPSA) is 50.7 Å². The zero-order chi connectivity index (χ0) is 13.9. The smallest absolute Gasteiger partial charge is 0.123 e. The highest BCUT2D eigenvalue weighted by molar-refractivity contribution is 7.15. The largest absolute Gasteiger partial charge is 0.310 e. The molecule has 0 aliphatic heterocycles. The first-order valence-electron chi connectivity index (χ1n) is 6.68. The average molecular weight is 284 g/mol. The summed E-state index contributed by atoms with van der Waals surface area (Å²) in [4.78, 5) is 14.4. The van der Waals surface area contributed by atoms with Gasteiger partial charge in [0.15, 0.2) is 0 Å². The molecule has 4 nitrogen and oxygen atoms in total. The van der Waals surface area contributed by atoms with Crippen molar-refractivity contribution in [2.75, 3.05) is 6.54 Å². The second kappa shape index (κ2) is 5.64. The molecule has 0 saturated heterocycles. The molecule has 0 aliphatic carbocycles. The first-order chi connectivity index (χ1) is 9.78. The molecule has 0 radical (unpaired) electrons. The molecule has 102 valence electrons. The van der Waals surface area contributed by atoms with E-state index in [1.807, 2.05) is 18.3 Å². The van der Waals surface area contributed by atoms with Gasteiger partial charge in [-0.25, -0.2) is 4.98 Å². The van der Waals surface area contributed by atoms with Gasteiger partial charge in [-0.3, -0.25) is 9.97 Å². The fourth-order valence-corrected chi connectivity index (χ4v) is 3.06. The minimum absolute atomic E-state index is 0.339. The normalized spacial score (nSPS) is 12.7. The maximum Gasteiger partial charge on any atom is 0.123 e. The molecule has 0 amide bonds. The van der Waals surface area contributed by atoms with Gasteiger partial charge >= 0.3 is 0 Å². The molecule has 0 aliphatic rings. The van der Waals surface area contributed by atoms with Gasteiger partial charge in [0.05, 0.1) is 11.0 Å². The highest BCUT2D eigenvalue weighted by Crippen LogP contribution is 2.29. The summed E-state index contributed by atoms with van der Waals surface area (Å²) in [6.07, 6.45) is 5.38. The summed E-state index contributed by atoms with van der Waals surface area (Å²) in [7, 11) is 0. The van der Waals surface area contributed by atoms with Crippen LogP contribution >= 0.6 is 11.3 Å². The number of nitrogens with zero attached hydrogens (tertiary/aromatic N) is 3. The maximum absolute atomic E-state index is 4.53. The van der Waals surface area contributed by atoms with Crippen LogP contribution in [-0.4, -0.2) is 21.5 Å². The van der Waals surface area contributed by atoms with Crippen molar-refractivity contribution < 1.29 is 0 Å². The van der Waals surface area contributed by atoms with Crippen LogP contribution in [0.2, 0.25) is 0 Å². The first kappa shape index (κ1) is 13.1. The number of thiazole rings is 1. The first-order valence-corrected chi connectivity index (χ1v) is 7.50. The van der Waals surface area contributed by atoms with Crippen molar-refractivity contribution in [2.24, 2.45) is 0 Å². The van der Waals surface area contributed by atoms with Crippen molar-refractivity contribution in [1.29, 1.82) is 0 Å². The number of fused-ring (bicyclic) bond motifs is 1. The maximum atomic E-state index is 4.53. The van der Waals surface area contributed by atoms with Crippen molar-refractivity contribution >= 4 is 22.4 Å². The number of hydrogen-bond acceptors (Lipinski definition) is 5. The molecule has 1 N–H and O–H groups in total. The Morgan fingerprint density at radius 2 is 1.95 bits per heavy atom. The molecule has 0 bridgehead atoms. The molecule has 5 heteroatoms. The Balaban J connectivity index is 1.94. The number of nitrogens with one attached hydrogen (secondary N) is 1. The summed E-state index contributed by atoms with van der Waals surface area (Å²) in [6.45, 7) is 5.23. The lowest BCUT2D eigenvalue weighted by Crippen LogP contribution is -2.16. The summed E-state index contributed by atoms with van der Waals surface area (Å²) < 4.78 is 0. The minimum atomic E-state index is 0.339. The van der Waals surface area contributed by atoms with E-state index in [2.05, 4.69) is 40.2 Å². The molecule has 1 unspecified atom stereocenters. The molecule has 3 rings (SSSR count). The van der Waals surface area contributed by atoms with Gasteiger partial charge in [0.2, 0.25) is 0 Å². The fraction of sp³-hybridized carbons (Fsp3) is 0.267.